The van der Waals surface area contributed by atoms with Gasteiger partial charge in [-0.3, -0.25) is 0 Å². The zero-order chi connectivity index (χ0) is 8.15. The number of thiocarbonyl (C=S) groups is 1. The summed E-state index contributed by atoms with van der Waals surface area (Å²) < 4.78 is 5.60. The van der Waals surface area contributed by atoms with Gasteiger partial charge in [-0.05, 0) is 24.6 Å². The molecule has 3 heteroatoms. The number of rotatable bonds is 3. The van der Waals surface area contributed by atoms with Gasteiger partial charge in [0.15, 0.2) is 0 Å². The van der Waals surface area contributed by atoms with E-state index >= 15 is 0 Å². The number of thiol groups is 1. The molecule has 0 bridgehead atoms. The summed E-state index contributed by atoms with van der Waals surface area (Å²) in [5.41, 5.74) is 0. The van der Waals surface area contributed by atoms with Crippen molar-refractivity contribution in [2.75, 3.05) is 0 Å². The second-order valence-electron chi connectivity index (χ2n) is 2.57. The first-order valence-electron chi connectivity index (χ1n) is 3.47. The largest absolute Gasteiger partial charge is 0.475 e. The maximum absolute atomic E-state index is 5.26. The summed E-state index contributed by atoms with van der Waals surface area (Å²) in [6.07, 6.45) is 1.21. The second-order valence-corrected chi connectivity index (χ2v) is 3.65. The molecule has 0 radical (unpaired) electrons. The summed E-state index contributed by atoms with van der Waals surface area (Å²) in [7, 11) is 0. The monoisotopic (exact) mass is 178 g/mol. The van der Waals surface area contributed by atoms with E-state index in [9.17, 15) is 0 Å². The van der Waals surface area contributed by atoms with Gasteiger partial charge in [-0.2, -0.15) is 0 Å². The smallest absolute Gasteiger partial charge is 0.217 e. The lowest BCUT2D eigenvalue weighted by Gasteiger charge is -2.19. The zero-order valence-corrected chi connectivity index (χ0v) is 8.34. The van der Waals surface area contributed by atoms with Gasteiger partial charge in [0.25, 0.3) is 0 Å². The minimum Gasteiger partial charge on any atom is -0.475 e. The molecular weight excluding hydrogens is 164 g/mol. The van der Waals surface area contributed by atoms with E-state index in [1.165, 1.54) is 0 Å². The minimum absolute atomic E-state index is 0.227. The van der Waals surface area contributed by atoms with Gasteiger partial charge in [-0.15, -0.1) is 0 Å². The van der Waals surface area contributed by atoms with Gasteiger partial charge in [0.2, 0.25) is 4.38 Å². The van der Waals surface area contributed by atoms with Gasteiger partial charge >= 0.3 is 0 Å². The lowest BCUT2D eigenvalue weighted by Crippen LogP contribution is -2.19. The third kappa shape index (κ3) is 4.12. The SMILES string of the molecule is CCC(OC(=S)S)C(C)C. The van der Waals surface area contributed by atoms with Crippen molar-refractivity contribution in [3.8, 4) is 0 Å². The Morgan fingerprint density at radius 2 is 2.10 bits per heavy atom. The average molecular weight is 178 g/mol. The molecule has 0 aliphatic carbocycles. The highest BCUT2D eigenvalue weighted by molar-refractivity contribution is 8.10. The van der Waals surface area contributed by atoms with Crippen molar-refractivity contribution < 1.29 is 4.74 Å². The van der Waals surface area contributed by atoms with E-state index in [0.717, 1.165) is 6.42 Å². The predicted octanol–water partition coefficient (Wildman–Crippen LogP) is 2.65. The normalized spacial score (nSPS) is 13.3. The molecule has 0 saturated heterocycles. The Bertz CT molecular complexity index is 112. The van der Waals surface area contributed by atoms with Crippen molar-refractivity contribution >= 4 is 29.2 Å². The highest BCUT2D eigenvalue weighted by Gasteiger charge is 2.11. The highest BCUT2D eigenvalue weighted by atomic mass is 32.1. The van der Waals surface area contributed by atoms with Crippen molar-refractivity contribution in [3.05, 3.63) is 0 Å². The maximum atomic E-state index is 5.26. The summed E-state index contributed by atoms with van der Waals surface area (Å²) >= 11 is 8.59. The molecule has 0 aromatic rings. The Morgan fingerprint density at radius 3 is 2.20 bits per heavy atom. The van der Waals surface area contributed by atoms with Crippen LogP contribution in [-0.2, 0) is 4.74 Å². The Kier molecular flexibility index (Phi) is 5.09. The van der Waals surface area contributed by atoms with Crippen LogP contribution in [0.3, 0.4) is 0 Å². The van der Waals surface area contributed by atoms with E-state index in [0.29, 0.717) is 10.3 Å². The summed E-state index contributed by atoms with van der Waals surface area (Å²) in [4.78, 5) is 0. The van der Waals surface area contributed by atoms with Crippen LogP contribution in [0.4, 0.5) is 0 Å². The third-order valence-electron chi connectivity index (χ3n) is 1.40. The first-order chi connectivity index (χ1) is 4.57. The van der Waals surface area contributed by atoms with Gasteiger partial charge in [-0.25, -0.2) is 0 Å². The van der Waals surface area contributed by atoms with Gasteiger partial charge < -0.3 is 4.74 Å². The molecule has 0 amide bonds. The van der Waals surface area contributed by atoms with E-state index in [-0.39, 0.29) is 6.10 Å². The summed E-state index contributed by atoms with van der Waals surface area (Å²) in [6.45, 7) is 6.30. The van der Waals surface area contributed by atoms with Crippen LogP contribution in [0.5, 0.6) is 0 Å². The van der Waals surface area contributed by atoms with Crippen LogP contribution in [0.1, 0.15) is 27.2 Å². The summed E-state index contributed by atoms with van der Waals surface area (Å²) in [6, 6.07) is 0. The Balaban J connectivity index is 3.71. The number of hydrogen-bond donors (Lipinski definition) is 1. The minimum atomic E-state index is 0.227. The molecule has 1 atom stereocenters. The molecule has 0 aromatic heterocycles. The lowest BCUT2D eigenvalue weighted by atomic mass is 10.1. The fraction of sp³-hybridized carbons (Fsp3) is 0.857. The molecule has 10 heavy (non-hydrogen) atoms. The van der Waals surface area contributed by atoms with Crippen molar-refractivity contribution in [3.63, 3.8) is 0 Å². The first kappa shape index (κ1) is 10.2. The van der Waals surface area contributed by atoms with Crippen molar-refractivity contribution in [1.82, 2.24) is 0 Å². The third-order valence-corrected chi connectivity index (χ3v) is 1.60. The van der Waals surface area contributed by atoms with Crippen LogP contribution >= 0.6 is 24.8 Å². The van der Waals surface area contributed by atoms with Gasteiger partial charge in [0.05, 0.1) is 0 Å². The molecule has 0 aliphatic heterocycles. The summed E-state index contributed by atoms with van der Waals surface area (Å²) in [5.74, 6) is 0.509. The molecule has 0 saturated carbocycles. The molecule has 0 rings (SSSR count). The molecule has 0 fully saturated rings. The number of hydrogen-bond acceptors (Lipinski definition) is 2. The maximum Gasteiger partial charge on any atom is 0.217 e. The van der Waals surface area contributed by atoms with E-state index in [1.807, 2.05) is 0 Å². The molecule has 0 aromatic carbocycles. The van der Waals surface area contributed by atoms with Gasteiger partial charge in [0, 0.05) is 0 Å². The molecule has 1 unspecified atom stereocenters. The molecule has 0 aliphatic rings. The van der Waals surface area contributed by atoms with Crippen LogP contribution in [0.2, 0.25) is 0 Å². The van der Waals surface area contributed by atoms with Gasteiger partial charge in [-0.1, -0.05) is 33.4 Å². The topological polar surface area (TPSA) is 9.23 Å². The van der Waals surface area contributed by atoms with Crippen molar-refractivity contribution in [1.29, 1.82) is 0 Å². The van der Waals surface area contributed by atoms with Gasteiger partial charge in [0.1, 0.15) is 6.10 Å². The standard InChI is InChI=1S/C7H14OS2/c1-4-6(5(2)3)8-7(9)10/h5-6H,4H2,1-3H3,(H,9,10). The Hall–Kier alpha value is 0.240. The highest BCUT2D eigenvalue weighted by Crippen LogP contribution is 2.11. The van der Waals surface area contributed by atoms with Crippen LogP contribution in [-0.4, -0.2) is 10.5 Å². The van der Waals surface area contributed by atoms with E-state index in [2.05, 4.69) is 33.4 Å². The fourth-order valence-corrected chi connectivity index (χ4v) is 1.08. The molecule has 0 spiro atoms. The quantitative estimate of drug-likeness (QED) is 0.525. The first-order valence-corrected chi connectivity index (χ1v) is 4.33. The van der Waals surface area contributed by atoms with E-state index in [4.69, 9.17) is 17.0 Å². The molecular formula is C7H14OS2. The van der Waals surface area contributed by atoms with Crippen molar-refractivity contribution in [2.45, 2.75) is 33.3 Å². The van der Waals surface area contributed by atoms with Crippen LogP contribution < -0.4 is 0 Å². The molecule has 1 nitrogen and oxygen atoms in total. The second kappa shape index (κ2) is 4.97. The number of ether oxygens (including phenoxy) is 1. The predicted molar refractivity (Wildman–Crippen MR) is 51.6 cm³/mol. The molecule has 0 heterocycles. The van der Waals surface area contributed by atoms with Crippen LogP contribution in [0.25, 0.3) is 0 Å². The van der Waals surface area contributed by atoms with Crippen molar-refractivity contribution in [2.24, 2.45) is 5.92 Å². The lowest BCUT2D eigenvalue weighted by molar-refractivity contribution is 0.145. The molecule has 60 valence electrons. The van der Waals surface area contributed by atoms with E-state index < -0.39 is 0 Å². The zero-order valence-electron chi connectivity index (χ0n) is 6.63. The van der Waals surface area contributed by atoms with Crippen LogP contribution in [0.15, 0.2) is 0 Å². The Labute approximate surface area is 73.6 Å². The Morgan fingerprint density at radius 1 is 1.60 bits per heavy atom. The fourth-order valence-electron chi connectivity index (χ4n) is 0.820. The van der Waals surface area contributed by atoms with E-state index in [1.54, 1.807) is 0 Å². The summed E-state index contributed by atoms with van der Waals surface area (Å²) in [5, 5.41) is 0. The average Bonchev–Trinajstić information content (AvgIpc) is 1.81. The molecule has 0 N–H and O–H groups in total. The van der Waals surface area contributed by atoms with Crippen LogP contribution in [0, 0.1) is 5.92 Å².